The van der Waals surface area contributed by atoms with Crippen LogP contribution in [0.2, 0.25) is 10.0 Å². The van der Waals surface area contributed by atoms with Crippen molar-refractivity contribution in [2.45, 2.75) is 6.54 Å². The van der Waals surface area contributed by atoms with E-state index in [-0.39, 0.29) is 5.56 Å². The van der Waals surface area contributed by atoms with Crippen molar-refractivity contribution in [3.8, 4) is 0 Å². The van der Waals surface area contributed by atoms with E-state index in [1.54, 1.807) is 24.3 Å². The molecule has 0 aliphatic carbocycles. The summed E-state index contributed by atoms with van der Waals surface area (Å²) in [6, 6.07) is 9.94. The van der Waals surface area contributed by atoms with Crippen molar-refractivity contribution in [1.82, 2.24) is 9.55 Å². The highest BCUT2D eigenvalue weighted by Gasteiger charge is 2.15. The van der Waals surface area contributed by atoms with Gasteiger partial charge in [-0.3, -0.25) is 0 Å². The molecule has 6 nitrogen and oxygen atoms in total. The Kier molecular flexibility index (Phi) is 4.62. The van der Waals surface area contributed by atoms with Crippen LogP contribution in [-0.2, 0) is 6.54 Å². The second-order valence-corrected chi connectivity index (χ2v) is 5.92. The molecule has 0 saturated heterocycles. The number of carboxylic acids is 1. The number of carboxylic acid groups (broad SMARTS) is 1. The Balaban J connectivity index is 2.12. The lowest BCUT2D eigenvalue weighted by Crippen LogP contribution is -2.12. The highest BCUT2D eigenvalue weighted by molar-refractivity contribution is 6.39. The third kappa shape index (κ3) is 3.03. The highest BCUT2D eigenvalue weighted by atomic mass is 35.5. The van der Waals surface area contributed by atoms with Gasteiger partial charge in [-0.05, 0) is 30.3 Å². The van der Waals surface area contributed by atoms with Crippen LogP contribution in [-0.4, -0.2) is 27.2 Å². The van der Waals surface area contributed by atoms with Gasteiger partial charge in [-0.15, -0.1) is 0 Å². The predicted octanol–water partition coefficient (Wildman–Crippen LogP) is 3.74. The first kappa shape index (κ1) is 16.6. The van der Waals surface area contributed by atoms with Crippen molar-refractivity contribution >= 4 is 51.8 Å². The molecule has 24 heavy (non-hydrogen) atoms. The van der Waals surface area contributed by atoms with Crippen LogP contribution in [0.25, 0.3) is 11.0 Å². The molecular formula is C16H14Cl2N4O2. The lowest BCUT2D eigenvalue weighted by Gasteiger charge is -2.12. The summed E-state index contributed by atoms with van der Waals surface area (Å²) in [6.07, 6.45) is 0. The van der Waals surface area contributed by atoms with Gasteiger partial charge in [-0.1, -0.05) is 29.3 Å². The number of anilines is 2. The lowest BCUT2D eigenvalue weighted by atomic mass is 10.2. The summed E-state index contributed by atoms with van der Waals surface area (Å²) < 4.78 is 1.86. The number of nitrogens with one attached hydrogen (secondary N) is 1. The summed E-state index contributed by atoms with van der Waals surface area (Å²) in [5, 5.41) is 13.2. The zero-order valence-corrected chi connectivity index (χ0v) is 14.0. The van der Waals surface area contributed by atoms with E-state index in [1.807, 2.05) is 4.57 Å². The average Bonchev–Trinajstić information content (AvgIpc) is 2.88. The van der Waals surface area contributed by atoms with E-state index in [2.05, 4.69) is 10.3 Å². The second-order valence-electron chi connectivity index (χ2n) is 5.11. The van der Waals surface area contributed by atoms with Gasteiger partial charge in [0, 0.05) is 13.1 Å². The van der Waals surface area contributed by atoms with Crippen LogP contribution in [0, 0.1) is 0 Å². The van der Waals surface area contributed by atoms with E-state index >= 15 is 0 Å². The van der Waals surface area contributed by atoms with Crippen LogP contribution in [0.1, 0.15) is 10.4 Å². The van der Waals surface area contributed by atoms with Crippen LogP contribution in [0.5, 0.6) is 0 Å². The van der Waals surface area contributed by atoms with Crippen LogP contribution < -0.4 is 11.1 Å². The summed E-state index contributed by atoms with van der Waals surface area (Å²) in [6.45, 7) is 0.907. The largest absolute Gasteiger partial charge is 0.478 e. The fraction of sp³-hybridized carbons (Fsp3) is 0.125. The maximum atomic E-state index is 11.1. The first-order chi connectivity index (χ1) is 11.5. The number of benzene rings is 2. The standard InChI is InChI=1S/C16H14Cl2N4O2/c17-10-2-1-3-11(18)14(10)21-16-20-12-8-9(15(23)24)4-5-13(12)22(16)7-6-19/h1-5,8H,6-7,19H2,(H,20,21)(H,23,24). The summed E-state index contributed by atoms with van der Waals surface area (Å²) in [5.74, 6) is -0.512. The number of carbonyl (C=O) groups is 1. The Morgan fingerprint density at radius 3 is 2.58 bits per heavy atom. The molecule has 0 saturated carbocycles. The quantitative estimate of drug-likeness (QED) is 0.640. The summed E-state index contributed by atoms with van der Waals surface area (Å²) in [5.41, 5.74) is 7.72. The number of hydrogen-bond donors (Lipinski definition) is 3. The minimum Gasteiger partial charge on any atom is -0.478 e. The van der Waals surface area contributed by atoms with Gasteiger partial charge in [0.15, 0.2) is 0 Å². The number of aromatic carboxylic acids is 1. The molecule has 124 valence electrons. The number of nitrogens with two attached hydrogens (primary N) is 1. The fourth-order valence-electron chi connectivity index (χ4n) is 2.44. The zero-order chi connectivity index (χ0) is 17.3. The smallest absolute Gasteiger partial charge is 0.335 e. The van der Waals surface area contributed by atoms with Gasteiger partial charge in [0.1, 0.15) is 0 Å². The topological polar surface area (TPSA) is 93.2 Å². The Morgan fingerprint density at radius 2 is 1.96 bits per heavy atom. The van der Waals surface area contributed by atoms with Crippen molar-refractivity contribution in [3.05, 3.63) is 52.0 Å². The number of nitrogens with zero attached hydrogens (tertiary/aromatic N) is 2. The molecule has 0 spiro atoms. The third-order valence-corrected chi connectivity index (χ3v) is 4.18. The minimum atomic E-state index is -1.01. The molecule has 0 unspecified atom stereocenters. The Bertz CT molecular complexity index is 904. The van der Waals surface area contributed by atoms with Gasteiger partial charge in [-0.25, -0.2) is 9.78 Å². The molecule has 0 amide bonds. The second kappa shape index (κ2) is 6.68. The number of para-hydroxylation sites is 1. The lowest BCUT2D eigenvalue weighted by molar-refractivity contribution is 0.0697. The van der Waals surface area contributed by atoms with Gasteiger partial charge in [0.05, 0.1) is 32.3 Å². The van der Waals surface area contributed by atoms with E-state index in [4.69, 9.17) is 34.0 Å². The minimum absolute atomic E-state index is 0.169. The maximum absolute atomic E-state index is 11.1. The summed E-state index contributed by atoms with van der Waals surface area (Å²) >= 11 is 12.4. The Hall–Kier alpha value is -2.28. The fourth-order valence-corrected chi connectivity index (χ4v) is 2.93. The summed E-state index contributed by atoms with van der Waals surface area (Å²) in [7, 11) is 0. The number of imidazole rings is 1. The highest BCUT2D eigenvalue weighted by Crippen LogP contribution is 2.33. The van der Waals surface area contributed by atoms with Crippen LogP contribution >= 0.6 is 23.2 Å². The molecule has 0 aliphatic heterocycles. The first-order valence-electron chi connectivity index (χ1n) is 7.16. The van der Waals surface area contributed by atoms with E-state index in [0.29, 0.717) is 40.3 Å². The van der Waals surface area contributed by atoms with E-state index in [9.17, 15) is 4.79 Å². The van der Waals surface area contributed by atoms with E-state index in [1.165, 1.54) is 12.1 Å². The average molecular weight is 365 g/mol. The van der Waals surface area contributed by atoms with E-state index in [0.717, 1.165) is 5.52 Å². The number of halogens is 2. The predicted molar refractivity (Wildman–Crippen MR) is 95.5 cm³/mol. The molecule has 0 radical (unpaired) electrons. The van der Waals surface area contributed by atoms with Gasteiger partial charge in [-0.2, -0.15) is 0 Å². The number of rotatable bonds is 5. The maximum Gasteiger partial charge on any atom is 0.335 e. The Labute approximate surface area is 147 Å². The van der Waals surface area contributed by atoms with Gasteiger partial charge in [0.25, 0.3) is 0 Å². The molecule has 1 aromatic heterocycles. The van der Waals surface area contributed by atoms with Crippen molar-refractivity contribution in [3.63, 3.8) is 0 Å². The van der Waals surface area contributed by atoms with Crippen LogP contribution in [0.4, 0.5) is 11.6 Å². The molecule has 0 atom stereocenters. The monoisotopic (exact) mass is 364 g/mol. The molecule has 8 heteroatoms. The van der Waals surface area contributed by atoms with Crippen molar-refractivity contribution in [2.24, 2.45) is 5.73 Å². The molecule has 0 fully saturated rings. The molecular weight excluding hydrogens is 351 g/mol. The van der Waals surface area contributed by atoms with Crippen LogP contribution in [0.3, 0.4) is 0 Å². The first-order valence-corrected chi connectivity index (χ1v) is 7.91. The third-order valence-electron chi connectivity index (χ3n) is 3.55. The zero-order valence-electron chi connectivity index (χ0n) is 12.5. The number of hydrogen-bond acceptors (Lipinski definition) is 4. The molecule has 3 rings (SSSR count). The van der Waals surface area contributed by atoms with Gasteiger partial charge < -0.3 is 20.7 Å². The van der Waals surface area contributed by atoms with Crippen molar-refractivity contribution < 1.29 is 9.90 Å². The SMILES string of the molecule is NCCn1c(Nc2c(Cl)cccc2Cl)nc2cc(C(=O)O)ccc21. The number of fused-ring (bicyclic) bond motifs is 1. The molecule has 3 aromatic rings. The van der Waals surface area contributed by atoms with Gasteiger partial charge >= 0.3 is 5.97 Å². The Morgan fingerprint density at radius 1 is 1.25 bits per heavy atom. The van der Waals surface area contributed by atoms with E-state index < -0.39 is 5.97 Å². The summed E-state index contributed by atoms with van der Waals surface area (Å²) in [4.78, 5) is 15.6. The van der Waals surface area contributed by atoms with Crippen LogP contribution in [0.15, 0.2) is 36.4 Å². The molecule has 2 aromatic carbocycles. The number of aromatic nitrogens is 2. The molecule has 4 N–H and O–H groups in total. The van der Waals surface area contributed by atoms with Crippen molar-refractivity contribution in [2.75, 3.05) is 11.9 Å². The molecule has 0 bridgehead atoms. The normalized spacial score (nSPS) is 11.0. The molecule has 1 heterocycles. The van der Waals surface area contributed by atoms with Crippen molar-refractivity contribution in [1.29, 1.82) is 0 Å². The molecule has 0 aliphatic rings. The van der Waals surface area contributed by atoms with Gasteiger partial charge in [0.2, 0.25) is 5.95 Å².